The number of aryl methyl sites for hydroxylation is 1. The second-order valence-electron chi connectivity index (χ2n) is 5.97. The molecule has 2 heteroatoms. The first-order valence-electron chi connectivity index (χ1n) is 7.60. The van der Waals surface area contributed by atoms with Crippen molar-refractivity contribution in [3.63, 3.8) is 0 Å². The maximum atomic E-state index is 12.2. The summed E-state index contributed by atoms with van der Waals surface area (Å²) in [6.07, 6.45) is 0.508. The summed E-state index contributed by atoms with van der Waals surface area (Å²) in [5.41, 5.74) is 4.63. The Morgan fingerprint density at radius 1 is 0.955 bits per heavy atom. The van der Waals surface area contributed by atoms with Gasteiger partial charge in [-0.15, -0.1) is 0 Å². The average Bonchev–Trinajstić information content (AvgIpc) is 2.55. The third-order valence-corrected chi connectivity index (χ3v) is 4.47. The average molecular weight is 287 g/mol. The zero-order chi connectivity index (χ0) is 15.1. The highest BCUT2D eigenvalue weighted by Crippen LogP contribution is 2.40. The lowest BCUT2D eigenvalue weighted by Gasteiger charge is -2.27. The maximum Gasteiger partial charge on any atom is 0.225 e. The molecule has 0 saturated carbocycles. The van der Waals surface area contributed by atoms with E-state index in [9.17, 15) is 4.79 Å². The molecule has 1 atom stereocenters. The molecule has 0 fully saturated rings. The van der Waals surface area contributed by atoms with E-state index >= 15 is 0 Å². The first-order valence-corrected chi connectivity index (χ1v) is 7.60. The Labute approximate surface area is 129 Å². The number of amides is 1. The fourth-order valence-electron chi connectivity index (χ4n) is 3.30. The van der Waals surface area contributed by atoms with Gasteiger partial charge in [0.2, 0.25) is 5.91 Å². The minimum atomic E-state index is 0.0921. The number of benzene rings is 3. The monoisotopic (exact) mass is 287 g/mol. The Kier molecular flexibility index (Phi) is 2.97. The molecule has 3 aromatic carbocycles. The van der Waals surface area contributed by atoms with E-state index in [1.54, 1.807) is 0 Å². The van der Waals surface area contributed by atoms with Gasteiger partial charge in [-0.3, -0.25) is 4.79 Å². The first kappa shape index (κ1) is 13.1. The van der Waals surface area contributed by atoms with E-state index in [0.29, 0.717) is 6.42 Å². The van der Waals surface area contributed by atoms with E-state index in [4.69, 9.17) is 0 Å². The highest BCUT2D eigenvalue weighted by molar-refractivity contribution is 6.06. The van der Waals surface area contributed by atoms with Gasteiger partial charge in [-0.05, 0) is 23.4 Å². The van der Waals surface area contributed by atoms with Crippen LogP contribution < -0.4 is 5.32 Å². The predicted octanol–water partition coefficient (Wildman–Crippen LogP) is 4.62. The summed E-state index contributed by atoms with van der Waals surface area (Å²) >= 11 is 0. The standard InChI is InChI=1S/C20H17NO/c1-13-6-8-15(9-7-13)18-12-19(22)21-20-16-5-3-2-4-14(16)10-11-17(18)20/h2-11,18H,12H2,1H3,(H,21,22)/t18-/m1/s1. The molecule has 0 unspecified atom stereocenters. The molecular weight excluding hydrogens is 270 g/mol. The Morgan fingerprint density at radius 2 is 1.73 bits per heavy atom. The summed E-state index contributed by atoms with van der Waals surface area (Å²) < 4.78 is 0. The van der Waals surface area contributed by atoms with Crippen LogP contribution in [0.15, 0.2) is 60.7 Å². The lowest BCUT2D eigenvalue weighted by molar-refractivity contribution is -0.116. The maximum absolute atomic E-state index is 12.2. The van der Waals surface area contributed by atoms with Crippen LogP contribution in [0.2, 0.25) is 0 Å². The molecule has 1 aliphatic heterocycles. The zero-order valence-electron chi connectivity index (χ0n) is 12.5. The van der Waals surface area contributed by atoms with Gasteiger partial charge >= 0.3 is 0 Å². The molecule has 0 radical (unpaired) electrons. The predicted molar refractivity (Wildman–Crippen MR) is 90.2 cm³/mol. The largest absolute Gasteiger partial charge is 0.325 e. The van der Waals surface area contributed by atoms with E-state index in [2.05, 4.69) is 60.8 Å². The smallest absolute Gasteiger partial charge is 0.225 e. The van der Waals surface area contributed by atoms with Gasteiger partial charge in [-0.1, -0.05) is 66.2 Å². The number of carbonyl (C=O) groups is 1. The molecule has 0 aromatic heterocycles. The van der Waals surface area contributed by atoms with Gasteiger partial charge in [0.05, 0.1) is 5.69 Å². The molecule has 1 heterocycles. The second kappa shape index (κ2) is 4.99. The van der Waals surface area contributed by atoms with Crippen molar-refractivity contribution < 1.29 is 4.79 Å². The van der Waals surface area contributed by atoms with Crippen LogP contribution in [0.5, 0.6) is 0 Å². The summed E-state index contributed by atoms with van der Waals surface area (Å²) in [5.74, 6) is 0.225. The fraction of sp³-hybridized carbons (Fsp3) is 0.150. The van der Waals surface area contributed by atoms with Gasteiger partial charge in [0, 0.05) is 17.7 Å². The first-order chi connectivity index (χ1) is 10.7. The zero-order valence-corrected chi connectivity index (χ0v) is 12.5. The molecule has 2 nitrogen and oxygen atoms in total. The van der Waals surface area contributed by atoms with Crippen LogP contribution in [-0.4, -0.2) is 5.91 Å². The molecule has 0 bridgehead atoms. The Hall–Kier alpha value is -2.61. The van der Waals surface area contributed by atoms with Crippen LogP contribution in [0.3, 0.4) is 0 Å². The van der Waals surface area contributed by atoms with E-state index in [-0.39, 0.29) is 11.8 Å². The SMILES string of the molecule is Cc1ccc([C@H]2CC(=O)Nc3c2ccc2ccccc32)cc1. The molecule has 0 aliphatic carbocycles. The molecule has 1 amide bonds. The Bertz CT molecular complexity index is 865. The Balaban J connectivity index is 1.92. The number of anilines is 1. The van der Waals surface area contributed by atoms with Gasteiger partial charge in [-0.2, -0.15) is 0 Å². The molecule has 1 aliphatic rings. The van der Waals surface area contributed by atoms with Crippen molar-refractivity contribution in [3.05, 3.63) is 77.4 Å². The minimum Gasteiger partial charge on any atom is -0.325 e. The molecule has 108 valence electrons. The summed E-state index contributed by atoms with van der Waals surface area (Å²) in [7, 11) is 0. The van der Waals surface area contributed by atoms with E-state index in [0.717, 1.165) is 16.5 Å². The van der Waals surface area contributed by atoms with E-state index in [1.807, 2.05) is 12.1 Å². The van der Waals surface area contributed by atoms with Crippen molar-refractivity contribution in [1.29, 1.82) is 0 Å². The van der Waals surface area contributed by atoms with Crippen molar-refractivity contribution in [1.82, 2.24) is 0 Å². The lowest BCUT2D eigenvalue weighted by atomic mass is 9.83. The number of hydrogen-bond acceptors (Lipinski definition) is 1. The minimum absolute atomic E-state index is 0.0921. The van der Waals surface area contributed by atoms with Crippen LogP contribution in [0, 0.1) is 6.92 Å². The van der Waals surface area contributed by atoms with Gasteiger partial charge in [-0.25, -0.2) is 0 Å². The van der Waals surface area contributed by atoms with Crippen molar-refractivity contribution in [3.8, 4) is 0 Å². The van der Waals surface area contributed by atoms with Crippen molar-refractivity contribution >= 4 is 22.4 Å². The van der Waals surface area contributed by atoms with Crippen LogP contribution >= 0.6 is 0 Å². The summed E-state index contributed by atoms with van der Waals surface area (Å²) in [6.45, 7) is 2.08. The molecule has 3 aromatic rings. The third kappa shape index (κ3) is 2.08. The molecule has 1 N–H and O–H groups in total. The van der Waals surface area contributed by atoms with Crippen LogP contribution in [0.4, 0.5) is 5.69 Å². The quantitative estimate of drug-likeness (QED) is 0.695. The normalized spacial score (nSPS) is 17.1. The molecule has 4 rings (SSSR count). The van der Waals surface area contributed by atoms with E-state index in [1.165, 1.54) is 16.7 Å². The van der Waals surface area contributed by atoms with Gasteiger partial charge in [0.15, 0.2) is 0 Å². The highest BCUT2D eigenvalue weighted by Gasteiger charge is 2.27. The molecular formula is C20H17NO. The summed E-state index contributed by atoms with van der Waals surface area (Å²) in [5, 5.41) is 5.35. The topological polar surface area (TPSA) is 29.1 Å². The van der Waals surface area contributed by atoms with E-state index < -0.39 is 0 Å². The van der Waals surface area contributed by atoms with Crippen molar-refractivity contribution in [2.75, 3.05) is 5.32 Å². The summed E-state index contributed by atoms with van der Waals surface area (Å²) in [6, 6.07) is 21.0. The lowest BCUT2D eigenvalue weighted by Crippen LogP contribution is -2.23. The van der Waals surface area contributed by atoms with Gasteiger partial charge < -0.3 is 5.32 Å². The summed E-state index contributed by atoms with van der Waals surface area (Å²) in [4.78, 5) is 12.2. The highest BCUT2D eigenvalue weighted by atomic mass is 16.1. The van der Waals surface area contributed by atoms with Crippen LogP contribution in [-0.2, 0) is 4.79 Å². The molecule has 0 saturated heterocycles. The number of carbonyl (C=O) groups excluding carboxylic acids is 1. The van der Waals surface area contributed by atoms with Crippen LogP contribution in [0.1, 0.15) is 29.0 Å². The van der Waals surface area contributed by atoms with Crippen molar-refractivity contribution in [2.45, 2.75) is 19.3 Å². The van der Waals surface area contributed by atoms with Crippen molar-refractivity contribution in [2.24, 2.45) is 0 Å². The van der Waals surface area contributed by atoms with Gasteiger partial charge in [0.1, 0.15) is 0 Å². The van der Waals surface area contributed by atoms with Gasteiger partial charge in [0.25, 0.3) is 0 Å². The number of fused-ring (bicyclic) bond motifs is 3. The number of nitrogens with one attached hydrogen (secondary N) is 1. The molecule has 0 spiro atoms. The Morgan fingerprint density at radius 3 is 2.55 bits per heavy atom. The second-order valence-corrected chi connectivity index (χ2v) is 5.97. The van der Waals surface area contributed by atoms with Crippen LogP contribution in [0.25, 0.3) is 10.8 Å². The third-order valence-electron chi connectivity index (χ3n) is 4.47. The fourth-order valence-corrected chi connectivity index (χ4v) is 3.30. The number of rotatable bonds is 1. The molecule has 22 heavy (non-hydrogen) atoms. The number of hydrogen-bond donors (Lipinski definition) is 1.